The first kappa shape index (κ1) is 7.53. The van der Waals surface area contributed by atoms with Gasteiger partial charge in [0.1, 0.15) is 6.17 Å². The fourth-order valence-corrected chi connectivity index (χ4v) is 2.40. The molecule has 1 nitrogen and oxygen atoms in total. The first-order valence-corrected chi connectivity index (χ1v) is 4.57. The molecule has 0 aromatic heterocycles. The Bertz CT molecular complexity index is 148. The molecule has 0 amide bonds. The van der Waals surface area contributed by atoms with E-state index in [4.69, 9.17) is 4.74 Å². The van der Waals surface area contributed by atoms with Crippen molar-refractivity contribution in [3.05, 3.63) is 0 Å². The topological polar surface area (TPSA) is 9.23 Å². The fourth-order valence-electron chi connectivity index (χ4n) is 2.40. The van der Waals surface area contributed by atoms with Crippen LogP contribution in [0.4, 0.5) is 4.39 Å². The molecular weight excluding hydrogens is 143 g/mol. The van der Waals surface area contributed by atoms with E-state index < -0.39 is 6.17 Å². The minimum atomic E-state index is -0.682. The van der Waals surface area contributed by atoms with Crippen molar-refractivity contribution in [3.63, 3.8) is 0 Å². The molecule has 2 aliphatic rings. The van der Waals surface area contributed by atoms with Gasteiger partial charge in [-0.25, -0.2) is 4.39 Å². The summed E-state index contributed by atoms with van der Waals surface area (Å²) >= 11 is 0. The second-order valence-corrected chi connectivity index (χ2v) is 3.85. The van der Waals surface area contributed by atoms with Gasteiger partial charge in [0.05, 0.1) is 12.2 Å². The van der Waals surface area contributed by atoms with E-state index in [0.29, 0.717) is 18.4 Å². The number of alkyl halides is 1. The molecule has 2 rings (SSSR count). The first-order valence-electron chi connectivity index (χ1n) is 4.57. The van der Waals surface area contributed by atoms with Gasteiger partial charge in [0, 0.05) is 0 Å². The lowest BCUT2D eigenvalue weighted by Gasteiger charge is -2.27. The van der Waals surface area contributed by atoms with Crippen LogP contribution in [0.15, 0.2) is 0 Å². The Kier molecular flexibility index (Phi) is 1.88. The lowest BCUT2D eigenvalue weighted by Crippen LogP contribution is -2.32. The normalized spacial score (nSPS) is 50.7. The summed E-state index contributed by atoms with van der Waals surface area (Å²) in [5.41, 5.74) is 0. The van der Waals surface area contributed by atoms with Gasteiger partial charge in [-0.3, -0.25) is 0 Å². The van der Waals surface area contributed by atoms with E-state index in [2.05, 4.69) is 0 Å². The summed E-state index contributed by atoms with van der Waals surface area (Å²) in [5, 5.41) is 0. The second-order valence-electron chi connectivity index (χ2n) is 3.85. The molecule has 0 bridgehead atoms. The van der Waals surface area contributed by atoms with Crippen molar-refractivity contribution in [2.45, 2.75) is 51.0 Å². The Hall–Kier alpha value is -0.110. The van der Waals surface area contributed by atoms with Crippen LogP contribution in [0.1, 0.15) is 32.6 Å². The Morgan fingerprint density at radius 1 is 1.36 bits per heavy atom. The fraction of sp³-hybridized carbons (Fsp3) is 1.00. The van der Waals surface area contributed by atoms with Gasteiger partial charge in [0.15, 0.2) is 0 Å². The number of ether oxygens (including phenoxy) is 1. The molecule has 1 aliphatic heterocycles. The molecule has 1 aliphatic carbocycles. The van der Waals surface area contributed by atoms with Crippen molar-refractivity contribution in [2.24, 2.45) is 5.92 Å². The van der Waals surface area contributed by atoms with Gasteiger partial charge in [0.2, 0.25) is 0 Å². The molecule has 0 aromatic rings. The van der Waals surface area contributed by atoms with Crippen molar-refractivity contribution in [1.29, 1.82) is 0 Å². The molecule has 2 fully saturated rings. The Labute approximate surface area is 66.9 Å². The number of hydrogen-bond acceptors (Lipinski definition) is 1. The van der Waals surface area contributed by atoms with Gasteiger partial charge in [-0.05, 0) is 32.1 Å². The van der Waals surface area contributed by atoms with E-state index in [1.54, 1.807) is 0 Å². The van der Waals surface area contributed by atoms with Gasteiger partial charge >= 0.3 is 0 Å². The Morgan fingerprint density at radius 2 is 2.18 bits per heavy atom. The van der Waals surface area contributed by atoms with Crippen LogP contribution in [0.3, 0.4) is 0 Å². The zero-order chi connectivity index (χ0) is 7.84. The molecule has 0 aromatic carbocycles. The Morgan fingerprint density at radius 3 is 2.91 bits per heavy atom. The van der Waals surface area contributed by atoms with E-state index in [1.807, 2.05) is 6.92 Å². The van der Waals surface area contributed by atoms with E-state index in [-0.39, 0.29) is 6.10 Å². The molecule has 0 spiro atoms. The van der Waals surface area contributed by atoms with Crippen LogP contribution in [0, 0.1) is 5.92 Å². The maximum atomic E-state index is 13.2. The summed E-state index contributed by atoms with van der Waals surface area (Å²) in [7, 11) is 0. The van der Waals surface area contributed by atoms with Crippen molar-refractivity contribution in [2.75, 3.05) is 0 Å². The summed E-state index contributed by atoms with van der Waals surface area (Å²) in [4.78, 5) is 0. The zero-order valence-corrected chi connectivity index (χ0v) is 6.92. The lowest BCUT2D eigenvalue weighted by molar-refractivity contribution is -0.0246. The lowest BCUT2D eigenvalue weighted by atomic mass is 9.84. The molecule has 4 atom stereocenters. The largest absolute Gasteiger partial charge is 0.372 e. The predicted octanol–water partition coefficient (Wildman–Crippen LogP) is 2.30. The quantitative estimate of drug-likeness (QED) is 0.525. The minimum Gasteiger partial charge on any atom is -0.372 e. The number of halogens is 1. The van der Waals surface area contributed by atoms with Crippen LogP contribution >= 0.6 is 0 Å². The molecule has 64 valence electrons. The molecule has 11 heavy (non-hydrogen) atoms. The number of hydrogen-bond donors (Lipinski definition) is 0. The van der Waals surface area contributed by atoms with Crippen LogP contribution in [0.5, 0.6) is 0 Å². The van der Waals surface area contributed by atoms with Crippen LogP contribution in [0.2, 0.25) is 0 Å². The van der Waals surface area contributed by atoms with Gasteiger partial charge in [-0.15, -0.1) is 0 Å². The van der Waals surface area contributed by atoms with Crippen molar-refractivity contribution in [3.8, 4) is 0 Å². The summed E-state index contributed by atoms with van der Waals surface area (Å²) in [6.07, 6.45) is 3.58. The highest BCUT2D eigenvalue weighted by molar-refractivity contribution is 4.89. The molecule has 1 saturated heterocycles. The third kappa shape index (κ3) is 1.28. The molecule has 2 heteroatoms. The van der Waals surface area contributed by atoms with Gasteiger partial charge in [0.25, 0.3) is 0 Å². The molecule has 1 heterocycles. The molecule has 0 unspecified atom stereocenters. The highest BCUT2D eigenvalue weighted by Crippen LogP contribution is 2.38. The summed E-state index contributed by atoms with van der Waals surface area (Å²) in [5.74, 6) is 0.522. The molecule has 0 radical (unpaired) electrons. The van der Waals surface area contributed by atoms with E-state index in [0.717, 1.165) is 12.8 Å². The van der Waals surface area contributed by atoms with Crippen LogP contribution in [0.25, 0.3) is 0 Å². The average Bonchev–Trinajstić information content (AvgIpc) is 2.31. The number of fused-ring (bicyclic) bond motifs is 1. The van der Waals surface area contributed by atoms with Crippen LogP contribution in [-0.2, 0) is 4.74 Å². The highest BCUT2D eigenvalue weighted by Gasteiger charge is 2.40. The second kappa shape index (κ2) is 2.74. The van der Waals surface area contributed by atoms with E-state index in [9.17, 15) is 4.39 Å². The predicted molar refractivity (Wildman–Crippen MR) is 41.2 cm³/mol. The third-order valence-electron chi connectivity index (χ3n) is 2.90. The minimum absolute atomic E-state index is 0.0567. The molecule has 0 N–H and O–H groups in total. The van der Waals surface area contributed by atoms with E-state index in [1.165, 1.54) is 6.42 Å². The monoisotopic (exact) mass is 158 g/mol. The maximum absolute atomic E-state index is 13.2. The standard InChI is InChI=1S/C9H15FO/c1-6-5-7-3-2-4-8(10)9(7)11-6/h6-9H,2-5H2,1H3/t6-,7+,8+,9-/m1/s1. The third-order valence-corrected chi connectivity index (χ3v) is 2.90. The van der Waals surface area contributed by atoms with Crippen molar-refractivity contribution < 1.29 is 9.13 Å². The zero-order valence-electron chi connectivity index (χ0n) is 6.92. The van der Waals surface area contributed by atoms with Gasteiger partial charge in [-0.1, -0.05) is 6.42 Å². The first-order chi connectivity index (χ1) is 5.27. The maximum Gasteiger partial charge on any atom is 0.126 e. The van der Waals surface area contributed by atoms with Gasteiger partial charge < -0.3 is 4.74 Å². The Balaban J connectivity index is 2.03. The van der Waals surface area contributed by atoms with Crippen molar-refractivity contribution >= 4 is 0 Å². The van der Waals surface area contributed by atoms with E-state index >= 15 is 0 Å². The average molecular weight is 158 g/mol. The summed E-state index contributed by atoms with van der Waals surface area (Å²) in [6.45, 7) is 2.05. The molecule has 1 saturated carbocycles. The molecular formula is C9H15FO. The summed E-state index contributed by atoms with van der Waals surface area (Å²) < 4.78 is 18.7. The number of rotatable bonds is 0. The highest BCUT2D eigenvalue weighted by atomic mass is 19.1. The summed E-state index contributed by atoms with van der Waals surface area (Å²) in [6, 6.07) is 0. The van der Waals surface area contributed by atoms with Crippen LogP contribution in [-0.4, -0.2) is 18.4 Å². The SMILES string of the molecule is C[C@@H]1C[C@@H]2CCC[C@H](F)[C@@H]2O1. The van der Waals surface area contributed by atoms with Crippen molar-refractivity contribution in [1.82, 2.24) is 0 Å². The smallest absolute Gasteiger partial charge is 0.126 e. The van der Waals surface area contributed by atoms with Crippen LogP contribution < -0.4 is 0 Å². The van der Waals surface area contributed by atoms with Gasteiger partial charge in [-0.2, -0.15) is 0 Å².